The van der Waals surface area contributed by atoms with Gasteiger partial charge in [0.25, 0.3) is 0 Å². The number of hydrogen-bond acceptors (Lipinski definition) is 2. The average molecular weight is 147 g/mol. The van der Waals surface area contributed by atoms with E-state index in [1.165, 1.54) is 0 Å². The molecule has 1 rings (SSSR count). The summed E-state index contributed by atoms with van der Waals surface area (Å²) in [6, 6.07) is 1.78. The summed E-state index contributed by atoms with van der Waals surface area (Å²) < 4.78 is 5.27. The molecule has 0 aliphatic rings. The van der Waals surface area contributed by atoms with Crippen molar-refractivity contribution in [1.29, 1.82) is 0 Å². The van der Waals surface area contributed by atoms with Crippen LogP contribution in [0.25, 0.3) is 0 Å². The maximum atomic E-state index is 5.52. The van der Waals surface area contributed by atoms with Gasteiger partial charge in [-0.3, -0.25) is 4.98 Å². The van der Waals surface area contributed by atoms with Crippen molar-refractivity contribution in [2.75, 3.05) is 6.61 Å². The molecule has 0 bridgehead atoms. The van der Waals surface area contributed by atoms with Gasteiger partial charge in [-0.25, -0.2) is 0 Å². The Morgan fingerprint density at radius 3 is 3.00 bits per heavy atom. The van der Waals surface area contributed by atoms with E-state index in [0.29, 0.717) is 12.1 Å². The largest absolute Gasteiger partial charge is 0.492 e. The Balaban J connectivity index is 2.93. The van der Waals surface area contributed by atoms with Crippen molar-refractivity contribution in [3.05, 3.63) is 18.0 Å². The first-order valence-corrected chi connectivity index (χ1v) is 3.59. The Morgan fingerprint density at radius 2 is 2.36 bits per heavy atom. The van der Waals surface area contributed by atoms with E-state index in [0.717, 1.165) is 11.4 Å². The third-order valence-corrected chi connectivity index (χ3v) is 1.36. The van der Waals surface area contributed by atoms with Crippen LogP contribution in [0, 0.1) is 6.92 Å². The van der Waals surface area contributed by atoms with Crippen LogP contribution in [0.1, 0.15) is 12.6 Å². The molecule has 0 saturated carbocycles. The maximum absolute atomic E-state index is 5.52. The van der Waals surface area contributed by atoms with Gasteiger partial charge in [-0.05, 0) is 19.9 Å². The summed E-state index contributed by atoms with van der Waals surface area (Å²) in [6.45, 7) is 4.47. The zero-order chi connectivity index (χ0) is 8.27. The molecule has 0 aliphatic heterocycles. The van der Waals surface area contributed by atoms with Crippen LogP contribution in [-0.2, 0) is 0 Å². The van der Waals surface area contributed by atoms with Crippen LogP contribution in [0.5, 0.6) is 5.75 Å². The molecule has 0 atom stereocenters. The Kier molecular flexibility index (Phi) is 2.52. The minimum Gasteiger partial charge on any atom is -0.492 e. The summed E-state index contributed by atoms with van der Waals surface area (Å²) in [5.74, 6) is 0.771. The molecule has 56 valence electrons. The standard InChI is InChI=1S/C8H10BNO/c1-3-11-8-4-7(9)5-10-6(8)2/h4-5H,3H2,1-2H3. The van der Waals surface area contributed by atoms with E-state index in [1.54, 1.807) is 12.3 Å². The lowest BCUT2D eigenvalue weighted by Crippen LogP contribution is -2.06. The van der Waals surface area contributed by atoms with Gasteiger partial charge in [-0.2, -0.15) is 0 Å². The molecule has 0 aliphatic carbocycles. The highest BCUT2D eigenvalue weighted by Gasteiger charge is 1.98. The molecule has 0 amide bonds. The van der Waals surface area contributed by atoms with Crippen LogP contribution in [0.15, 0.2) is 12.3 Å². The molecule has 2 nitrogen and oxygen atoms in total. The van der Waals surface area contributed by atoms with Crippen LogP contribution < -0.4 is 10.2 Å². The number of ether oxygens (including phenoxy) is 1. The van der Waals surface area contributed by atoms with E-state index in [9.17, 15) is 0 Å². The summed E-state index contributed by atoms with van der Waals surface area (Å²) in [6.07, 6.45) is 1.62. The summed E-state index contributed by atoms with van der Waals surface area (Å²) in [4.78, 5) is 4.05. The van der Waals surface area contributed by atoms with Gasteiger partial charge < -0.3 is 4.74 Å². The van der Waals surface area contributed by atoms with E-state index in [4.69, 9.17) is 12.6 Å². The van der Waals surface area contributed by atoms with E-state index < -0.39 is 0 Å². The van der Waals surface area contributed by atoms with Crippen molar-refractivity contribution >= 4 is 13.3 Å². The zero-order valence-electron chi connectivity index (χ0n) is 6.79. The van der Waals surface area contributed by atoms with Gasteiger partial charge >= 0.3 is 0 Å². The topological polar surface area (TPSA) is 22.1 Å². The van der Waals surface area contributed by atoms with Crippen molar-refractivity contribution in [2.24, 2.45) is 0 Å². The van der Waals surface area contributed by atoms with Gasteiger partial charge in [0.2, 0.25) is 0 Å². The number of aryl methyl sites for hydroxylation is 1. The van der Waals surface area contributed by atoms with Crippen LogP contribution in [0.4, 0.5) is 0 Å². The fourth-order valence-corrected chi connectivity index (χ4v) is 0.830. The second kappa shape index (κ2) is 3.42. The molecule has 0 saturated heterocycles. The first-order chi connectivity index (χ1) is 5.24. The Labute approximate surface area is 68.0 Å². The minimum absolute atomic E-state index is 0.638. The molecule has 0 fully saturated rings. The molecule has 0 N–H and O–H groups in total. The predicted octanol–water partition coefficient (Wildman–Crippen LogP) is 0.583. The maximum Gasteiger partial charge on any atom is 0.139 e. The first-order valence-electron chi connectivity index (χ1n) is 3.59. The summed E-state index contributed by atoms with van der Waals surface area (Å²) in [5.41, 5.74) is 1.51. The quantitative estimate of drug-likeness (QED) is 0.571. The number of aromatic nitrogens is 1. The number of hydrogen-bond donors (Lipinski definition) is 0. The van der Waals surface area contributed by atoms with Crippen molar-refractivity contribution in [3.63, 3.8) is 0 Å². The van der Waals surface area contributed by atoms with E-state index in [2.05, 4.69) is 4.98 Å². The fraction of sp³-hybridized carbons (Fsp3) is 0.375. The lowest BCUT2D eigenvalue weighted by atomic mass is 9.98. The molecular weight excluding hydrogens is 137 g/mol. The molecule has 0 spiro atoms. The van der Waals surface area contributed by atoms with Crippen molar-refractivity contribution < 1.29 is 4.74 Å². The first kappa shape index (κ1) is 8.11. The minimum atomic E-state index is 0.638. The van der Waals surface area contributed by atoms with Crippen molar-refractivity contribution in [1.82, 2.24) is 4.98 Å². The highest BCUT2D eigenvalue weighted by molar-refractivity contribution is 6.32. The van der Waals surface area contributed by atoms with E-state index in [-0.39, 0.29) is 0 Å². The summed E-state index contributed by atoms with van der Waals surface area (Å²) in [5, 5.41) is 0. The molecule has 3 heteroatoms. The average Bonchev–Trinajstić information content (AvgIpc) is 1.98. The van der Waals surface area contributed by atoms with Gasteiger partial charge in [0.1, 0.15) is 13.6 Å². The Morgan fingerprint density at radius 1 is 1.64 bits per heavy atom. The van der Waals surface area contributed by atoms with Crippen LogP contribution in [-0.4, -0.2) is 19.4 Å². The van der Waals surface area contributed by atoms with E-state index >= 15 is 0 Å². The normalized spacial score (nSPS) is 9.64. The predicted molar refractivity (Wildman–Crippen MR) is 45.5 cm³/mol. The monoisotopic (exact) mass is 147 g/mol. The van der Waals surface area contributed by atoms with Gasteiger partial charge in [-0.15, -0.1) is 0 Å². The smallest absolute Gasteiger partial charge is 0.139 e. The zero-order valence-corrected chi connectivity index (χ0v) is 6.79. The molecule has 1 aromatic rings. The second-order valence-electron chi connectivity index (χ2n) is 2.29. The third-order valence-electron chi connectivity index (χ3n) is 1.36. The van der Waals surface area contributed by atoms with E-state index in [1.807, 2.05) is 13.8 Å². The van der Waals surface area contributed by atoms with Crippen LogP contribution in [0.2, 0.25) is 0 Å². The van der Waals surface area contributed by atoms with Crippen LogP contribution >= 0.6 is 0 Å². The van der Waals surface area contributed by atoms with Crippen molar-refractivity contribution in [2.45, 2.75) is 13.8 Å². The lowest BCUT2D eigenvalue weighted by Gasteiger charge is -2.05. The van der Waals surface area contributed by atoms with Gasteiger partial charge in [0.15, 0.2) is 0 Å². The van der Waals surface area contributed by atoms with Gasteiger partial charge in [-0.1, -0.05) is 5.46 Å². The summed E-state index contributed by atoms with van der Waals surface area (Å²) >= 11 is 0. The Hall–Kier alpha value is -0.985. The number of pyridine rings is 1. The summed E-state index contributed by atoms with van der Waals surface area (Å²) in [7, 11) is 5.52. The molecule has 0 aromatic carbocycles. The second-order valence-corrected chi connectivity index (χ2v) is 2.29. The molecular formula is C8H10BNO. The third kappa shape index (κ3) is 1.97. The SMILES string of the molecule is [B]c1cnc(C)c(OCC)c1. The molecule has 0 unspecified atom stereocenters. The van der Waals surface area contributed by atoms with Crippen molar-refractivity contribution in [3.8, 4) is 5.75 Å². The lowest BCUT2D eigenvalue weighted by molar-refractivity contribution is 0.336. The van der Waals surface area contributed by atoms with Gasteiger partial charge in [0.05, 0.1) is 12.3 Å². The highest BCUT2D eigenvalue weighted by Crippen LogP contribution is 2.11. The molecule has 1 aromatic heterocycles. The molecule has 1 heterocycles. The molecule has 2 radical (unpaired) electrons. The number of rotatable bonds is 2. The number of nitrogens with zero attached hydrogens (tertiary/aromatic N) is 1. The van der Waals surface area contributed by atoms with Gasteiger partial charge in [0, 0.05) is 6.20 Å². The Bertz CT molecular complexity index is 250. The highest BCUT2D eigenvalue weighted by atomic mass is 16.5. The van der Waals surface area contributed by atoms with Crippen LogP contribution in [0.3, 0.4) is 0 Å². The fourth-order valence-electron chi connectivity index (χ4n) is 0.830. The molecule has 11 heavy (non-hydrogen) atoms.